The van der Waals surface area contributed by atoms with Crippen molar-refractivity contribution in [2.45, 2.75) is 0 Å². The molecule has 4 heteroatoms. The van der Waals surface area contributed by atoms with Gasteiger partial charge >= 0.3 is 0 Å². The van der Waals surface area contributed by atoms with E-state index in [1.165, 1.54) is 0 Å². The number of hydrogen-bond acceptors (Lipinski definition) is 3. The molecule has 3 nitrogen and oxygen atoms in total. The molecule has 1 heterocycles. The maximum atomic E-state index is 5.87. The molecule has 0 aliphatic heterocycles. The zero-order chi connectivity index (χ0) is 15.2. The number of nitrogens with zero attached hydrogens (tertiary/aromatic N) is 2. The first-order chi connectivity index (χ1) is 10.8. The molecule has 0 radical (unpaired) electrons. The average Bonchev–Trinajstić information content (AvgIpc) is 2.57. The van der Waals surface area contributed by atoms with Crippen LogP contribution in [-0.2, 0) is 0 Å². The molecule has 0 unspecified atom stereocenters. The summed E-state index contributed by atoms with van der Waals surface area (Å²) in [7, 11) is 0. The van der Waals surface area contributed by atoms with Crippen molar-refractivity contribution in [1.29, 1.82) is 0 Å². The van der Waals surface area contributed by atoms with Gasteiger partial charge in [0.1, 0.15) is 0 Å². The van der Waals surface area contributed by atoms with Gasteiger partial charge in [-0.05, 0) is 42.0 Å². The van der Waals surface area contributed by atoms with E-state index in [1.807, 2.05) is 72.8 Å². The van der Waals surface area contributed by atoms with Gasteiger partial charge in [-0.3, -0.25) is 0 Å². The Hall–Kier alpha value is -2.65. The fourth-order valence-electron chi connectivity index (χ4n) is 1.93. The number of halogens is 1. The predicted molar refractivity (Wildman–Crippen MR) is 92.1 cm³/mol. The van der Waals surface area contributed by atoms with Crippen molar-refractivity contribution in [2.75, 3.05) is 5.32 Å². The lowest BCUT2D eigenvalue weighted by molar-refractivity contribution is 1.15. The number of hydrogen-bond donors (Lipinski definition) is 1. The minimum Gasteiger partial charge on any atom is -0.324 e. The van der Waals surface area contributed by atoms with Crippen LogP contribution in [0.3, 0.4) is 0 Å². The molecule has 3 rings (SSSR count). The van der Waals surface area contributed by atoms with Crippen LogP contribution in [0.1, 0.15) is 11.3 Å². The lowest BCUT2D eigenvalue weighted by Crippen LogP contribution is -1.97. The maximum absolute atomic E-state index is 5.87. The third-order valence-electron chi connectivity index (χ3n) is 3.02. The Morgan fingerprint density at radius 1 is 0.864 bits per heavy atom. The van der Waals surface area contributed by atoms with Gasteiger partial charge in [0.15, 0.2) is 0 Å². The largest absolute Gasteiger partial charge is 0.324 e. The fourth-order valence-corrected chi connectivity index (χ4v) is 2.06. The first-order valence-corrected chi connectivity index (χ1v) is 7.26. The van der Waals surface area contributed by atoms with Crippen molar-refractivity contribution >= 4 is 35.4 Å². The van der Waals surface area contributed by atoms with Crippen molar-refractivity contribution in [3.63, 3.8) is 0 Å². The molecule has 22 heavy (non-hydrogen) atoms. The highest BCUT2D eigenvalue weighted by atomic mass is 35.5. The Morgan fingerprint density at radius 3 is 2.41 bits per heavy atom. The van der Waals surface area contributed by atoms with E-state index in [4.69, 9.17) is 11.6 Å². The molecule has 0 saturated carbocycles. The third-order valence-corrected chi connectivity index (χ3v) is 3.28. The maximum Gasteiger partial charge on any atom is 0.227 e. The zero-order valence-electron chi connectivity index (χ0n) is 11.8. The summed E-state index contributed by atoms with van der Waals surface area (Å²) in [4.78, 5) is 8.69. The SMILES string of the molecule is Clc1ccc(Nc2nccc(/C=C/c3ccccc3)n2)cc1. The molecule has 1 aromatic heterocycles. The summed E-state index contributed by atoms with van der Waals surface area (Å²) in [5.74, 6) is 0.553. The molecule has 0 atom stereocenters. The van der Waals surface area contributed by atoms with Crippen molar-refractivity contribution in [1.82, 2.24) is 9.97 Å². The van der Waals surface area contributed by atoms with Crippen molar-refractivity contribution in [3.05, 3.63) is 83.1 Å². The molecule has 0 aliphatic carbocycles. The highest BCUT2D eigenvalue weighted by Gasteiger charge is 1.98. The molecule has 0 aliphatic rings. The summed E-state index contributed by atoms with van der Waals surface area (Å²) >= 11 is 5.87. The molecular formula is C18H14ClN3. The first-order valence-electron chi connectivity index (χ1n) is 6.88. The summed E-state index contributed by atoms with van der Waals surface area (Å²) in [6.45, 7) is 0. The summed E-state index contributed by atoms with van der Waals surface area (Å²) in [6.07, 6.45) is 5.72. The molecule has 0 saturated heterocycles. The number of rotatable bonds is 4. The highest BCUT2D eigenvalue weighted by Crippen LogP contribution is 2.17. The van der Waals surface area contributed by atoms with Crippen LogP contribution < -0.4 is 5.32 Å². The van der Waals surface area contributed by atoms with Gasteiger partial charge in [-0.25, -0.2) is 9.97 Å². The molecule has 0 amide bonds. The number of anilines is 2. The second-order valence-corrected chi connectivity index (χ2v) is 5.12. The summed E-state index contributed by atoms with van der Waals surface area (Å²) in [6, 6.07) is 19.4. The number of benzene rings is 2. The second kappa shape index (κ2) is 6.87. The molecule has 3 aromatic rings. The highest BCUT2D eigenvalue weighted by molar-refractivity contribution is 6.30. The fraction of sp³-hybridized carbons (Fsp3) is 0. The lowest BCUT2D eigenvalue weighted by atomic mass is 10.2. The third kappa shape index (κ3) is 3.93. The average molecular weight is 308 g/mol. The quantitative estimate of drug-likeness (QED) is 0.733. The van der Waals surface area contributed by atoms with Crippen molar-refractivity contribution in [3.8, 4) is 0 Å². The Morgan fingerprint density at radius 2 is 1.64 bits per heavy atom. The van der Waals surface area contributed by atoms with Crippen molar-refractivity contribution < 1.29 is 0 Å². The minimum atomic E-state index is 0.553. The lowest BCUT2D eigenvalue weighted by Gasteiger charge is -2.05. The number of aromatic nitrogens is 2. The summed E-state index contributed by atoms with van der Waals surface area (Å²) < 4.78 is 0. The van der Waals surface area contributed by atoms with E-state index < -0.39 is 0 Å². The molecule has 0 fully saturated rings. The topological polar surface area (TPSA) is 37.8 Å². The van der Waals surface area contributed by atoms with Crippen molar-refractivity contribution in [2.24, 2.45) is 0 Å². The summed E-state index contributed by atoms with van der Waals surface area (Å²) in [5.41, 5.74) is 2.87. The van der Waals surface area contributed by atoms with E-state index in [0.717, 1.165) is 16.9 Å². The van der Waals surface area contributed by atoms with E-state index in [0.29, 0.717) is 11.0 Å². The molecule has 0 spiro atoms. The van der Waals surface area contributed by atoms with Crippen LogP contribution >= 0.6 is 11.6 Å². The first kappa shape index (κ1) is 14.3. The van der Waals surface area contributed by atoms with Gasteiger partial charge in [-0.2, -0.15) is 0 Å². The van der Waals surface area contributed by atoms with Crippen LogP contribution in [0.25, 0.3) is 12.2 Å². The minimum absolute atomic E-state index is 0.553. The summed E-state index contributed by atoms with van der Waals surface area (Å²) in [5, 5.41) is 3.85. The van der Waals surface area contributed by atoms with Gasteiger partial charge in [-0.15, -0.1) is 0 Å². The van der Waals surface area contributed by atoms with Crippen LogP contribution in [0.4, 0.5) is 11.6 Å². The second-order valence-electron chi connectivity index (χ2n) is 4.68. The molecule has 108 valence electrons. The Labute approximate surface area is 134 Å². The van der Waals surface area contributed by atoms with E-state index >= 15 is 0 Å². The Balaban J connectivity index is 1.75. The van der Waals surface area contributed by atoms with Crippen LogP contribution in [0.5, 0.6) is 0 Å². The van der Waals surface area contributed by atoms with Crippen LogP contribution in [0.15, 0.2) is 66.9 Å². The smallest absolute Gasteiger partial charge is 0.227 e. The van der Waals surface area contributed by atoms with E-state index in [1.54, 1.807) is 6.20 Å². The Bertz CT molecular complexity index is 768. The Kier molecular flexibility index (Phi) is 4.47. The van der Waals surface area contributed by atoms with Gasteiger partial charge in [0, 0.05) is 16.9 Å². The van der Waals surface area contributed by atoms with Crippen LogP contribution in [-0.4, -0.2) is 9.97 Å². The molecule has 0 bridgehead atoms. The van der Waals surface area contributed by atoms with E-state index in [2.05, 4.69) is 15.3 Å². The van der Waals surface area contributed by atoms with Crippen LogP contribution in [0.2, 0.25) is 5.02 Å². The zero-order valence-corrected chi connectivity index (χ0v) is 12.5. The molecule has 1 N–H and O–H groups in total. The standard InChI is InChI=1S/C18H14ClN3/c19-15-7-10-16(11-8-15)21-18-20-13-12-17(22-18)9-6-14-4-2-1-3-5-14/h1-13H,(H,20,21,22)/b9-6+. The van der Waals surface area contributed by atoms with Crippen LogP contribution in [0, 0.1) is 0 Å². The van der Waals surface area contributed by atoms with Gasteiger partial charge in [-0.1, -0.05) is 48.0 Å². The predicted octanol–water partition coefficient (Wildman–Crippen LogP) is 5.04. The molecular weight excluding hydrogens is 294 g/mol. The van der Waals surface area contributed by atoms with E-state index in [9.17, 15) is 0 Å². The number of nitrogens with one attached hydrogen (secondary N) is 1. The van der Waals surface area contributed by atoms with E-state index in [-0.39, 0.29) is 0 Å². The molecule has 2 aromatic carbocycles. The monoisotopic (exact) mass is 307 g/mol. The van der Waals surface area contributed by atoms with Gasteiger partial charge in [0.2, 0.25) is 5.95 Å². The van der Waals surface area contributed by atoms with Gasteiger partial charge in [0.05, 0.1) is 5.69 Å². The normalized spacial score (nSPS) is 10.8. The van der Waals surface area contributed by atoms with Gasteiger partial charge in [0.25, 0.3) is 0 Å². The van der Waals surface area contributed by atoms with Gasteiger partial charge < -0.3 is 5.32 Å².